The minimum Gasteiger partial charge on any atom is -0.323 e. The van der Waals surface area contributed by atoms with Gasteiger partial charge in [-0.15, -0.1) is 0 Å². The van der Waals surface area contributed by atoms with E-state index in [1.54, 1.807) is 6.08 Å². The van der Waals surface area contributed by atoms with Crippen LogP contribution in [-0.2, 0) is 4.79 Å². The van der Waals surface area contributed by atoms with Gasteiger partial charge in [-0.25, -0.2) is 0 Å². The van der Waals surface area contributed by atoms with E-state index in [1.807, 2.05) is 0 Å². The summed E-state index contributed by atoms with van der Waals surface area (Å²) in [5.74, 6) is 0.118. The number of fused-ring (bicyclic) bond motifs is 1. The molecule has 1 atom stereocenters. The third-order valence-corrected chi connectivity index (χ3v) is 2.63. The highest BCUT2D eigenvalue weighted by atomic mass is 16.1. The molecule has 2 rings (SSSR count). The first-order chi connectivity index (χ1) is 6.27. The molecule has 0 radical (unpaired) electrons. The van der Waals surface area contributed by atoms with Gasteiger partial charge >= 0.3 is 0 Å². The molecule has 1 unspecified atom stereocenters. The van der Waals surface area contributed by atoms with Gasteiger partial charge in [0.25, 0.3) is 0 Å². The Hall–Kier alpha value is -0.960. The molecule has 3 heteroatoms. The van der Waals surface area contributed by atoms with Crippen LogP contribution >= 0.6 is 0 Å². The number of carbonyl (C=O) groups is 1. The number of hydrogen-bond donors (Lipinski definition) is 1. The van der Waals surface area contributed by atoms with Gasteiger partial charge in [0, 0.05) is 6.04 Å². The maximum Gasteiger partial charge on any atom is 0.177 e. The predicted molar refractivity (Wildman–Crippen MR) is 51.8 cm³/mol. The molecular formula is C10H14N2O. The van der Waals surface area contributed by atoms with Crippen LogP contribution in [-0.4, -0.2) is 24.1 Å². The van der Waals surface area contributed by atoms with E-state index in [0.717, 1.165) is 37.0 Å². The number of nitrogens with two attached hydrogens (primary N) is 1. The Morgan fingerprint density at radius 3 is 3.15 bits per heavy atom. The highest BCUT2D eigenvalue weighted by Crippen LogP contribution is 2.21. The molecule has 1 fully saturated rings. The van der Waals surface area contributed by atoms with Crippen molar-refractivity contribution in [2.45, 2.75) is 31.7 Å². The first kappa shape index (κ1) is 8.63. The molecule has 1 saturated carbocycles. The van der Waals surface area contributed by atoms with Crippen LogP contribution in [0, 0.1) is 0 Å². The Morgan fingerprint density at radius 2 is 2.31 bits per heavy atom. The summed E-state index contributed by atoms with van der Waals surface area (Å²) in [6.07, 6.45) is 5.98. The van der Waals surface area contributed by atoms with E-state index in [1.165, 1.54) is 0 Å². The van der Waals surface area contributed by atoms with E-state index in [-0.39, 0.29) is 11.8 Å². The van der Waals surface area contributed by atoms with Gasteiger partial charge in [-0.1, -0.05) is 6.42 Å². The van der Waals surface area contributed by atoms with Gasteiger partial charge in [0.15, 0.2) is 5.78 Å². The van der Waals surface area contributed by atoms with Crippen LogP contribution in [0.15, 0.2) is 16.6 Å². The highest BCUT2D eigenvalue weighted by molar-refractivity contribution is 6.12. The molecule has 0 bridgehead atoms. The van der Waals surface area contributed by atoms with Crippen LogP contribution in [0.5, 0.6) is 0 Å². The normalized spacial score (nSPS) is 28.7. The summed E-state index contributed by atoms with van der Waals surface area (Å²) in [7, 11) is 0. The van der Waals surface area contributed by atoms with E-state index in [9.17, 15) is 4.79 Å². The molecule has 1 heterocycles. The average molecular weight is 178 g/mol. The van der Waals surface area contributed by atoms with Crippen LogP contribution in [0.4, 0.5) is 0 Å². The highest BCUT2D eigenvalue weighted by Gasteiger charge is 2.22. The first-order valence-electron chi connectivity index (χ1n) is 4.81. The molecule has 0 aromatic carbocycles. The summed E-state index contributed by atoms with van der Waals surface area (Å²) in [5, 5.41) is 0. The SMILES string of the molecule is NC1CCCCC2=CC(=O)CN=C21. The Bertz CT molecular complexity index is 291. The van der Waals surface area contributed by atoms with E-state index in [4.69, 9.17) is 5.73 Å². The summed E-state index contributed by atoms with van der Waals surface area (Å²) >= 11 is 0. The van der Waals surface area contributed by atoms with Crippen molar-refractivity contribution in [2.75, 3.05) is 6.54 Å². The minimum atomic E-state index is 0.0573. The fourth-order valence-electron chi connectivity index (χ4n) is 1.95. The quantitative estimate of drug-likeness (QED) is 0.597. The topological polar surface area (TPSA) is 55.5 Å². The lowest BCUT2D eigenvalue weighted by molar-refractivity contribution is -0.113. The lowest BCUT2D eigenvalue weighted by Gasteiger charge is -2.16. The molecule has 3 nitrogen and oxygen atoms in total. The van der Waals surface area contributed by atoms with Gasteiger partial charge in [0.05, 0.1) is 5.71 Å². The standard InChI is InChI=1S/C10H14N2O/c11-9-4-2-1-3-7-5-8(13)6-12-10(7)9/h5,9H,1-4,6,11H2. The van der Waals surface area contributed by atoms with Crippen molar-refractivity contribution in [3.63, 3.8) is 0 Å². The van der Waals surface area contributed by atoms with E-state index in [2.05, 4.69) is 4.99 Å². The fourth-order valence-corrected chi connectivity index (χ4v) is 1.95. The Morgan fingerprint density at radius 1 is 1.46 bits per heavy atom. The largest absolute Gasteiger partial charge is 0.323 e. The smallest absolute Gasteiger partial charge is 0.177 e. The molecule has 0 spiro atoms. The second kappa shape index (κ2) is 3.42. The Balaban J connectivity index is 2.29. The van der Waals surface area contributed by atoms with Crippen molar-refractivity contribution in [1.82, 2.24) is 0 Å². The summed E-state index contributed by atoms with van der Waals surface area (Å²) in [6, 6.07) is 0.0573. The Kier molecular flexibility index (Phi) is 2.27. The van der Waals surface area contributed by atoms with E-state index < -0.39 is 0 Å². The number of rotatable bonds is 0. The van der Waals surface area contributed by atoms with Crippen molar-refractivity contribution < 1.29 is 4.79 Å². The number of nitrogens with zero attached hydrogens (tertiary/aromatic N) is 1. The van der Waals surface area contributed by atoms with Crippen LogP contribution in [0.1, 0.15) is 25.7 Å². The second-order valence-corrected chi connectivity index (χ2v) is 3.69. The number of aliphatic imine (C=N–C) groups is 1. The molecular weight excluding hydrogens is 164 g/mol. The van der Waals surface area contributed by atoms with Crippen molar-refractivity contribution in [2.24, 2.45) is 10.7 Å². The Labute approximate surface area is 77.7 Å². The molecule has 70 valence electrons. The maximum atomic E-state index is 11.1. The summed E-state index contributed by atoms with van der Waals surface area (Å²) in [5.41, 5.74) is 8.02. The van der Waals surface area contributed by atoms with Crippen LogP contribution in [0.2, 0.25) is 0 Å². The lowest BCUT2D eigenvalue weighted by Crippen LogP contribution is -2.33. The number of ketones is 1. The molecule has 0 amide bonds. The summed E-state index contributed by atoms with van der Waals surface area (Å²) in [4.78, 5) is 15.4. The van der Waals surface area contributed by atoms with Gasteiger partial charge in [-0.05, 0) is 30.9 Å². The van der Waals surface area contributed by atoms with Crippen LogP contribution in [0.25, 0.3) is 0 Å². The van der Waals surface area contributed by atoms with Crippen molar-refractivity contribution in [3.05, 3.63) is 11.6 Å². The summed E-state index contributed by atoms with van der Waals surface area (Å²) in [6.45, 7) is 0.298. The van der Waals surface area contributed by atoms with Gasteiger partial charge in [0.2, 0.25) is 0 Å². The fraction of sp³-hybridized carbons (Fsp3) is 0.600. The number of hydrogen-bond acceptors (Lipinski definition) is 3. The van der Waals surface area contributed by atoms with Crippen LogP contribution < -0.4 is 5.73 Å². The predicted octanol–water partition coefficient (Wildman–Crippen LogP) is 0.838. The zero-order chi connectivity index (χ0) is 9.26. The third-order valence-electron chi connectivity index (χ3n) is 2.63. The molecule has 13 heavy (non-hydrogen) atoms. The molecule has 1 aliphatic heterocycles. The monoisotopic (exact) mass is 178 g/mol. The maximum absolute atomic E-state index is 11.1. The lowest BCUT2D eigenvalue weighted by atomic mass is 9.99. The van der Waals surface area contributed by atoms with Gasteiger partial charge < -0.3 is 5.73 Å². The van der Waals surface area contributed by atoms with Gasteiger partial charge in [0.1, 0.15) is 6.54 Å². The zero-order valence-corrected chi connectivity index (χ0v) is 7.62. The first-order valence-corrected chi connectivity index (χ1v) is 4.81. The van der Waals surface area contributed by atoms with Gasteiger partial charge in [-0.2, -0.15) is 0 Å². The van der Waals surface area contributed by atoms with Gasteiger partial charge in [-0.3, -0.25) is 9.79 Å². The van der Waals surface area contributed by atoms with Crippen molar-refractivity contribution >= 4 is 11.5 Å². The van der Waals surface area contributed by atoms with E-state index >= 15 is 0 Å². The average Bonchev–Trinajstić information content (AvgIpc) is 2.28. The number of carbonyl (C=O) groups excluding carboxylic acids is 1. The zero-order valence-electron chi connectivity index (χ0n) is 7.62. The number of dihydropyridines is 1. The molecule has 1 aliphatic carbocycles. The van der Waals surface area contributed by atoms with E-state index in [0.29, 0.717) is 6.54 Å². The molecule has 2 aliphatic rings. The van der Waals surface area contributed by atoms with Crippen LogP contribution in [0.3, 0.4) is 0 Å². The molecule has 0 aromatic rings. The summed E-state index contributed by atoms with van der Waals surface area (Å²) < 4.78 is 0. The second-order valence-electron chi connectivity index (χ2n) is 3.69. The minimum absolute atomic E-state index is 0.0573. The van der Waals surface area contributed by atoms with Crippen molar-refractivity contribution in [3.8, 4) is 0 Å². The molecule has 0 aromatic heterocycles. The van der Waals surface area contributed by atoms with Crippen molar-refractivity contribution in [1.29, 1.82) is 0 Å². The molecule has 0 saturated heterocycles. The molecule has 2 N–H and O–H groups in total. The third kappa shape index (κ3) is 1.70.